The monoisotopic (exact) mass is 426 g/mol. The number of benzene rings is 1. The van der Waals surface area contributed by atoms with Crippen LogP contribution in [0.5, 0.6) is 0 Å². The van der Waals surface area contributed by atoms with Crippen molar-refractivity contribution in [2.75, 3.05) is 32.6 Å². The van der Waals surface area contributed by atoms with E-state index in [1.165, 1.54) is 4.90 Å². The van der Waals surface area contributed by atoms with E-state index in [0.717, 1.165) is 29.0 Å². The van der Waals surface area contributed by atoms with Gasteiger partial charge in [0, 0.05) is 52.9 Å². The first kappa shape index (κ1) is 21.2. The maximum atomic E-state index is 13.6. The van der Waals surface area contributed by atoms with E-state index in [-0.39, 0.29) is 23.0 Å². The average molecular weight is 427 g/mol. The number of carbonyl (C=O) groups is 2. The summed E-state index contributed by atoms with van der Waals surface area (Å²) in [5.41, 5.74) is 4.23. The first-order valence-electron chi connectivity index (χ1n) is 10.6. The number of morpholine rings is 1. The van der Waals surface area contributed by atoms with Crippen molar-refractivity contribution in [1.29, 1.82) is 0 Å². The molecule has 0 bridgehead atoms. The van der Waals surface area contributed by atoms with E-state index >= 15 is 0 Å². The maximum absolute atomic E-state index is 13.6. The van der Waals surface area contributed by atoms with Crippen molar-refractivity contribution in [3.8, 4) is 0 Å². The number of thioether (sulfide) groups is 1. The largest absolute Gasteiger partial charge is 0.378 e. The molecule has 6 heteroatoms. The highest BCUT2D eigenvalue weighted by molar-refractivity contribution is 7.98. The highest BCUT2D eigenvalue weighted by Crippen LogP contribution is 2.47. The third-order valence-electron chi connectivity index (χ3n) is 6.22. The molecule has 2 aliphatic heterocycles. The highest BCUT2D eigenvalue weighted by atomic mass is 32.2. The SMILES string of the molecule is CSc1ccc(C2C(C(=O)N3CCOCC3)=C(C)NC3=C2C(=O)CC(C)(C)C3)cc1. The predicted octanol–water partition coefficient (Wildman–Crippen LogP) is 3.87. The van der Waals surface area contributed by atoms with Crippen molar-refractivity contribution >= 4 is 23.5 Å². The average Bonchev–Trinajstić information content (AvgIpc) is 2.72. The van der Waals surface area contributed by atoms with Gasteiger partial charge < -0.3 is 15.0 Å². The molecule has 1 amide bonds. The summed E-state index contributed by atoms with van der Waals surface area (Å²) >= 11 is 1.69. The van der Waals surface area contributed by atoms with Gasteiger partial charge in [-0.15, -0.1) is 11.8 Å². The minimum atomic E-state index is -0.323. The number of ether oxygens (including phenoxy) is 1. The number of carbonyl (C=O) groups excluding carboxylic acids is 2. The zero-order valence-electron chi connectivity index (χ0n) is 18.2. The summed E-state index contributed by atoms with van der Waals surface area (Å²) in [6.45, 7) is 8.51. The number of Topliss-reactive ketones (excluding diaryl/α,β-unsaturated/α-hetero) is 1. The van der Waals surface area contributed by atoms with Crippen LogP contribution in [0, 0.1) is 5.41 Å². The number of nitrogens with zero attached hydrogens (tertiary/aromatic N) is 1. The summed E-state index contributed by atoms with van der Waals surface area (Å²) in [4.78, 5) is 30.0. The molecule has 160 valence electrons. The summed E-state index contributed by atoms with van der Waals surface area (Å²) < 4.78 is 5.44. The van der Waals surface area contributed by atoms with E-state index in [4.69, 9.17) is 4.74 Å². The van der Waals surface area contributed by atoms with E-state index in [1.54, 1.807) is 11.8 Å². The van der Waals surface area contributed by atoms with Crippen molar-refractivity contribution < 1.29 is 14.3 Å². The van der Waals surface area contributed by atoms with Crippen molar-refractivity contribution in [3.63, 3.8) is 0 Å². The Morgan fingerprint density at radius 2 is 1.83 bits per heavy atom. The van der Waals surface area contributed by atoms with Gasteiger partial charge >= 0.3 is 0 Å². The lowest BCUT2D eigenvalue weighted by Gasteiger charge is -2.41. The molecule has 3 aliphatic rings. The molecule has 0 aromatic heterocycles. The van der Waals surface area contributed by atoms with Crippen molar-refractivity contribution in [2.24, 2.45) is 5.41 Å². The molecule has 1 unspecified atom stereocenters. The molecule has 2 heterocycles. The van der Waals surface area contributed by atoms with Crippen LogP contribution in [0.1, 0.15) is 45.1 Å². The van der Waals surface area contributed by atoms with Gasteiger partial charge in [-0.2, -0.15) is 0 Å². The van der Waals surface area contributed by atoms with Crippen LogP contribution in [0.3, 0.4) is 0 Å². The molecule has 1 aromatic carbocycles. The topological polar surface area (TPSA) is 58.6 Å². The fourth-order valence-corrected chi connectivity index (χ4v) is 5.19. The third kappa shape index (κ3) is 3.95. The van der Waals surface area contributed by atoms with E-state index in [9.17, 15) is 9.59 Å². The van der Waals surface area contributed by atoms with Gasteiger partial charge in [-0.3, -0.25) is 9.59 Å². The summed E-state index contributed by atoms with van der Waals surface area (Å²) in [7, 11) is 0. The molecule has 0 saturated carbocycles. The first-order valence-corrected chi connectivity index (χ1v) is 11.8. The standard InChI is InChI=1S/C24H30N2O3S/c1-15-20(23(28)26-9-11-29-12-10-26)21(16-5-7-17(30-4)8-6-16)22-18(25-15)13-24(2,3)14-19(22)27/h5-8,21,25H,9-14H2,1-4H3. The minimum Gasteiger partial charge on any atom is -0.378 e. The third-order valence-corrected chi connectivity index (χ3v) is 6.96. The number of dihydropyridines is 1. The summed E-state index contributed by atoms with van der Waals surface area (Å²) in [5, 5.41) is 3.45. The minimum absolute atomic E-state index is 0.00595. The van der Waals surface area contributed by atoms with Crippen LogP contribution >= 0.6 is 11.8 Å². The number of rotatable bonds is 3. The number of allylic oxidation sites excluding steroid dienone is 3. The first-order chi connectivity index (χ1) is 14.3. The number of ketones is 1. The predicted molar refractivity (Wildman–Crippen MR) is 119 cm³/mol. The number of hydrogen-bond acceptors (Lipinski definition) is 5. The van der Waals surface area contributed by atoms with Gasteiger partial charge in [-0.05, 0) is 42.7 Å². The Labute approximate surface area is 182 Å². The van der Waals surface area contributed by atoms with Crippen LogP contribution in [-0.2, 0) is 14.3 Å². The molecule has 0 spiro atoms. The van der Waals surface area contributed by atoms with Gasteiger partial charge in [-0.1, -0.05) is 26.0 Å². The Balaban J connectivity index is 1.81. The molecule has 0 radical (unpaired) electrons. The zero-order chi connectivity index (χ0) is 21.5. The van der Waals surface area contributed by atoms with Crippen LogP contribution in [0.25, 0.3) is 0 Å². The molecule has 1 aromatic rings. The molecule has 5 nitrogen and oxygen atoms in total. The molecule has 4 rings (SSSR count). The van der Waals surface area contributed by atoms with Crippen LogP contribution in [-0.4, -0.2) is 49.1 Å². The smallest absolute Gasteiger partial charge is 0.252 e. The Morgan fingerprint density at radius 3 is 2.47 bits per heavy atom. The van der Waals surface area contributed by atoms with Crippen LogP contribution < -0.4 is 5.32 Å². The van der Waals surface area contributed by atoms with Crippen LogP contribution in [0.2, 0.25) is 0 Å². The van der Waals surface area contributed by atoms with Crippen molar-refractivity contribution in [1.82, 2.24) is 10.2 Å². The van der Waals surface area contributed by atoms with Gasteiger partial charge in [0.25, 0.3) is 5.91 Å². The van der Waals surface area contributed by atoms with Gasteiger partial charge in [0.05, 0.1) is 13.2 Å². The molecule has 1 fully saturated rings. The van der Waals surface area contributed by atoms with Gasteiger partial charge in [0.2, 0.25) is 0 Å². The Hall–Kier alpha value is -2.05. The second-order valence-corrected chi connectivity index (χ2v) is 9.99. The lowest BCUT2D eigenvalue weighted by Crippen LogP contribution is -2.45. The number of hydrogen-bond donors (Lipinski definition) is 1. The molecule has 1 aliphatic carbocycles. The molecular formula is C24H30N2O3S. The fourth-order valence-electron chi connectivity index (χ4n) is 4.79. The van der Waals surface area contributed by atoms with Gasteiger partial charge in [-0.25, -0.2) is 0 Å². The zero-order valence-corrected chi connectivity index (χ0v) is 19.0. The molecule has 1 N–H and O–H groups in total. The second-order valence-electron chi connectivity index (χ2n) is 9.11. The van der Waals surface area contributed by atoms with E-state index in [2.05, 4.69) is 43.4 Å². The van der Waals surface area contributed by atoms with E-state index < -0.39 is 0 Å². The molecule has 1 atom stereocenters. The van der Waals surface area contributed by atoms with Gasteiger partial charge in [0.1, 0.15) is 0 Å². The lowest BCUT2D eigenvalue weighted by molar-refractivity contribution is -0.131. The number of amides is 1. The van der Waals surface area contributed by atoms with Crippen molar-refractivity contribution in [3.05, 3.63) is 52.4 Å². The highest BCUT2D eigenvalue weighted by Gasteiger charge is 2.43. The molecule has 1 saturated heterocycles. The Kier molecular flexibility index (Phi) is 5.82. The lowest BCUT2D eigenvalue weighted by atomic mass is 9.68. The van der Waals surface area contributed by atoms with Crippen LogP contribution in [0.15, 0.2) is 51.7 Å². The van der Waals surface area contributed by atoms with E-state index in [1.807, 2.05) is 18.1 Å². The Morgan fingerprint density at radius 1 is 1.17 bits per heavy atom. The fraction of sp³-hybridized carbons (Fsp3) is 0.500. The molecule has 30 heavy (non-hydrogen) atoms. The van der Waals surface area contributed by atoms with Crippen molar-refractivity contribution in [2.45, 2.75) is 44.4 Å². The maximum Gasteiger partial charge on any atom is 0.252 e. The summed E-state index contributed by atoms with van der Waals surface area (Å²) in [6.07, 6.45) is 3.36. The second kappa shape index (κ2) is 8.23. The number of nitrogens with one attached hydrogen (secondary N) is 1. The van der Waals surface area contributed by atoms with Crippen LogP contribution in [0.4, 0.5) is 0 Å². The summed E-state index contributed by atoms with van der Waals surface area (Å²) in [6, 6.07) is 8.29. The Bertz CT molecular complexity index is 924. The normalized spacial score (nSPS) is 23.9. The summed E-state index contributed by atoms with van der Waals surface area (Å²) in [5.74, 6) is -0.171. The molecular weight excluding hydrogens is 396 g/mol. The quantitative estimate of drug-likeness (QED) is 0.744. The van der Waals surface area contributed by atoms with E-state index in [0.29, 0.717) is 38.3 Å². The van der Waals surface area contributed by atoms with Gasteiger partial charge in [0.15, 0.2) is 5.78 Å².